The average Bonchev–Trinajstić information content (AvgIpc) is 2.41. The Bertz CT molecular complexity index is 550. The van der Waals surface area contributed by atoms with Gasteiger partial charge in [0.25, 0.3) is 0 Å². The first-order chi connectivity index (χ1) is 9.20. The average molecular weight is 341 g/mol. The molecular formula is C14H14BrFN2S. The van der Waals surface area contributed by atoms with E-state index in [4.69, 9.17) is 5.84 Å². The highest BCUT2D eigenvalue weighted by Crippen LogP contribution is 2.27. The molecule has 0 bridgehead atoms. The van der Waals surface area contributed by atoms with Crippen LogP contribution < -0.4 is 11.3 Å². The van der Waals surface area contributed by atoms with Crippen LogP contribution in [0.4, 0.5) is 4.39 Å². The van der Waals surface area contributed by atoms with Crippen molar-refractivity contribution in [1.82, 2.24) is 5.43 Å². The Kier molecular flexibility index (Phi) is 5.39. The summed E-state index contributed by atoms with van der Waals surface area (Å²) in [5, 5.41) is 0. The zero-order valence-corrected chi connectivity index (χ0v) is 12.5. The minimum atomic E-state index is -0.236. The topological polar surface area (TPSA) is 38.0 Å². The lowest BCUT2D eigenvalue weighted by atomic mass is 10.1. The van der Waals surface area contributed by atoms with E-state index >= 15 is 0 Å². The van der Waals surface area contributed by atoms with Crippen LogP contribution in [0, 0.1) is 5.82 Å². The second-order valence-corrected chi connectivity index (χ2v) is 6.02. The Balaban J connectivity index is 2.06. The van der Waals surface area contributed by atoms with E-state index in [2.05, 4.69) is 21.4 Å². The summed E-state index contributed by atoms with van der Waals surface area (Å²) >= 11 is 5.06. The van der Waals surface area contributed by atoms with E-state index in [0.29, 0.717) is 11.3 Å². The van der Waals surface area contributed by atoms with Crippen molar-refractivity contribution in [3.8, 4) is 0 Å². The third-order valence-electron chi connectivity index (χ3n) is 2.69. The van der Waals surface area contributed by atoms with Gasteiger partial charge in [-0.3, -0.25) is 11.3 Å². The van der Waals surface area contributed by atoms with Gasteiger partial charge in [-0.1, -0.05) is 40.2 Å². The zero-order valence-electron chi connectivity index (χ0n) is 10.1. The molecule has 0 fully saturated rings. The van der Waals surface area contributed by atoms with E-state index < -0.39 is 0 Å². The summed E-state index contributed by atoms with van der Waals surface area (Å²) in [6.45, 7) is 0. The van der Waals surface area contributed by atoms with E-state index in [9.17, 15) is 4.39 Å². The number of halogens is 2. The van der Waals surface area contributed by atoms with Crippen LogP contribution in [0.1, 0.15) is 11.6 Å². The van der Waals surface area contributed by atoms with Gasteiger partial charge in [-0.25, -0.2) is 4.39 Å². The van der Waals surface area contributed by atoms with Crippen molar-refractivity contribution < 1.29 is 4.39 Å². The summed E-state index contributed by atoms with van der Waals surface area (Å²) < 4.78 is 14.7. The Morgan fingerprint density at radius 2 is 2.00 bits per heavy atom. The van der Waals surface area contributed by atoms with E-state index in [1.54, 1.807) is 23.9 Å². The lowest BCUT2D eigenvalue weighted by Crippen LogP contribution is -2.30. The molecule has 2 aromatic rings. The Hall–Kier alpha value is -0.880. The molecule has 2 nitrogen and oxygen atoms in total. The summed E-state index contributed by atoms with van der Waals surface area (Å²) in [6, 6.07) is 14.5. The third-order valence-corrected chi connectivity index (χ3v) is 4.28. The van der Waals surface area contributed by atoms with Gasteiger partial charge in [-0.05, 0) is 24.3 Å². The van der Waals surface area contributed by atoms with Crippen LogP contribution in [0.3, 0.4) is 0 Å². The molecule has 0 spiro atoms. The van der Waals surface area contributed by atoms with E-state index in [1.807, 2.05) is 30.3 Å². The molecule has 0 aliphatic rings. The van der Waals surface area contributed by atoms with Gasteiger partial charge in [0.15, 0.2) is 0 Å². The predicted octanol–water partition coefficient (Wildman–Crippen LogP) is 3.88. The second-order valence-electron chi connectivity index (χ2n) is 4.01. The fourth-order valence-corrected chi connectivity index (χ4v) is 3.29. The molecule has 0 saturated heterocycles. The molecule has 3 N–H and O–H groups in total. The lowest BCUT2D eigenvalue weighted by Gasteiger charge is -2.16. The quantitative estimate of drug-likeness (QED) is 0.492. The van der Waals surface area contributed by atoms with Gasteiger partial charge in [0.2, 0.25) is 0 Å². The lowest BCUT2D eigenvalue weighted by molar-refractivity contribution is 0.546. The van der Waals surface area contributed by atoms with Gasteiger partial charge in [0, 0.05) is 20.7 Å². The molecule has 0 aliphatic heterocycles. The van der Waals surface area contributed by atoms with Gasteiger partial charge in [-0.15, -0.1) is 11.8 Å². The molecule has 0 radical (unpaired) electrons. The van der Waals surface area contributed by atoms with Crippen LogP contribution in [0.25, 0.3) is 0 Å². The Labute approximate surface area is 124 Å². The van der Waals surface area contributed by atoms with Crippen LogP contribution in [0.15, 0.2) is 57.9 Å². The molecule has 1 atom stereocenters. The van der Waals surface area contributed by atoms with Gasteiger partial charge in [0.1, 0.15) is 5.82 Å². The number of rotatable bonds is 5. The number of thioether (sulfide) groups is 1. The molecule has 0 aliphatic carbocycles. The highest BCUT2D eigenvalue weighted by molar-refractivity contribution is 9.10. The second kappa shape index (κ2) is 7.05. The van der Waals surface area contributed by atoms with Crippen molar-refractivity contribution in [3.05, 3.63) is 64.4 Å². The number of benzene rings is 2. The first-order valence-corrected chi connectivity index (χ1v) is 7.57. The highest BCUT2D eigenvalue weighted by atomic mass is 79.9. The minimum absolute atomic E-state index is 0.217. The molecule has 2 rings (SSSR count). The van der Waals surface area contributed by atoms with Crippen molar-refractivity contribution in [2.24, 2.45) is 5.84 Å². The number of nitrogens with two attached hydrogens (primary N) is 1. The monoisotopic (exact) mass is 340 g/mol. The maximum Gasteiger partial charge on any atom is 0.128 e. The zero-order chi connectivity index (χ0) is 13.7. The molecular weight excluding hydrogens is 327 g/mol. The smallest absolute Gasteiger partial charge is 0.128 e. The summed E-state index contributed by atoms with van der Waals surface area (Å²) in [6.07, 6.45) is 0. The normalized spacial score (nSPS) is 12.4. The summed E-state index contributed by atoms with van der Waals surface area (Å²) in [5.41, 5.74) is 3.26. The van der Waals surface area contributed by atoms with Crippen molar-refractivity contribution >= 4 is 27.7 Å². The fourth-order valence-electron chi connectivity index (χ4n) is 1.72. The van der Waals surface area contributed by atoms with Gasteiger partial charge in [-0.2, -0.15) is 0 Å². The van der Waals surface area contributed by atoms with Crippen LogP contribution in [0.2, 0.25) is 0 Å². The van der Waals surface area contributed by atoms with Crippen LogP contribution in [-0.2, 0) is 0 Å². The predicted molar refractivity (Wildman–Crippen MR) is 81.3 cm³/mol. The van der Waals surface area contributed by atoms with Crippen LogP contribution in [0.5, 0.6) is 0 Å². The van der Waals surface area contributed by atoms with Gasteiger partial charge >= 0.3 is 0 Å². The van der Waals surface area contributed by atoms with Crippen molar-refractivity contribution in [2.75, 3.05) is 5.75 Å². The first-order valence-electron chi connectivity index (χ1n) is 5.79. The van der Waals surface area contributed by atoms with Crippen molar-refractivity contribution in [3.63, 3.8) is 0 Å². The van der Waals surface area contributed by atoms with Crippen molar-refractivity contribution in [2.45, 2.75) is 10.9 Å². The number of hydrogen-bond acceptors (Lipinski definition) is 3. The first kappa shape index (κ1) is 14.5. The number of hydrogen-bond donors (Lipinski definition) is 2. The SMILES string of the molecule is NNC(CSc1cccc(Br)c1)c1ccccc1F. The van der Waals surface area contributed by atoms with Crippen LogP contribution in [-0.4, -0.2) is 5.75 Å². The maximum atomic E-state index is 13.7. The standard InChI is InChI=1S/C14H14BrFN2S/c15-10-4-3-5-11(8-10)19-9-14(18-17)12-6-1-2-7-13(12)16/h1-8,14,18H,9,17H2. The fraction of sp³-hybridized carbons (Fsp3) is 0.143. The molecule has 5 heteroatoms. The van der Waals surface area contributed by atoms with Gasteiger partial charge in [0.05, 0.1) is 6.04 Å². The molecule has 1 unspecified atom stereocenters. The summed E-state index contributed by atoms with van der Waals surface area (Å²) in [7, 11) is 0. The number of nitrogens with one attached hydrogen (secondary N) is 1. The molecule has 2 aromatic carbocycles. The van der Waals surface area contributed by atoms with Crippen LogP contribution >= 0.6 is 27.7 Å². The number of hydrazine groups is 1. The van der Waals surface area contributed by atoms with Gasteiger partial charge < -0.3 is 0 Å². The molecule has 100 valence electrons. The summed E-state index contributed by atoms with van der Waals surface area (Å²) in [4.78, 5) is 1.12. The molecule has 19 heavy (non-hydrogen) atoms. The minimum Gasteiger partial charge on any atom is -0.271 e. The largest absolute Gasteiger partial charge is 0.271 e. The summed E-state index contributed by atoms with van der Waals surface area (Å²) in [5.74, 6) is 5.95. The molecule has 0 heterocycles. The maximum absolute atomic E-state index is 13.7. The van der Waals surface area contributed by atoms with E-state index in [1.165, 1.54) is 6.07 Å². The van der Waals surface area contributed by atoms with E-state index in [0.717, 1.165) is 9.37 Å². The van der Waals surface area contributed by atoms with E-state index in [-0.39, 0.29) is 11.9 Å². The molecule has 0 amide bonds. The Morgan fingerprint density at radius 1 is 1.21 bits per heavy atom. The van der Waals surface area contributed by atoms with Crippen molar-refractivity contribution in [1.29, 1.82) is 0 Å². The Morgan fingerprint density at radius 3 is 2.68 bits per heavy atom. The molecule has 0 saturated carbocycles. The third kappa shape index (κ3) is 4.04. The molecule has 0 aromatic heterocycles. The highest BCUT2D eigenvalue weighted by Gasteiger charge is 2.14.